The lowest BCUT2D eigenvalue weighted by molar-refractivity contribution is -0.154. The van der Waals surface area contributed by atoms with Gasteiger partial charge in [0.05, 0.1) is 13.0 Å². The van der Waals surface area contributed by atoms with Crippen LogP contribution >= 0.6 is 0 Å². The molecule has 3 nitrogen and oxygen atoms in total. The average Bonchev–Trinajstić information content (AvgIpc) is 2.37. The van der Waals surface area contributed by atoms with Gasteiger partial charge in [0.2, 0.25) is 0 Å². The molecule has 1 aromatic carbocycles. The molecule has 1 rings (SSSR count). The molecule has 0 aromatic heterocycles. The maximum Gasteiger partial charge on any atom is 0.395 e. The molecule has 0 saturated heterocycles. The molecule has 2 N–H and O–H groups in total. The minimum absolute atomic E-state index is 0.0776. The standard InChI is InChI=1S/C13H16F3NO2/c1-19-12(18)11(17)8-7-10(13(14,15)16)9-5-3-2-4-6-9/h2-6,10-11H,7-8,17H2,1H3. The second kappa shape index (κ2) is 6.56. The van der Waals surface area contributed by atoms with Gasteiger partial charge in [0.25, 0.3) is 0 Å². The van der Waals surface area contributed by atoms with Crippen molar-refractivity contribution in [1.82, 2.24) is 0 Å². The normalized spacial score (nSPS) is 14.8. The molecule has 2 atom stereocenters. The van der Waals surface area contributed by atoms with Crippen LogP contribution in [0.4, 0.5) is 13.2 Å². The van der Waals surface area contributed by atoms with Crippen molar-refractivity contribution < 1.29 is 22.7 Å². The highest BCUT2D eigenvalue weighted by atomic mass is 19.4. The number of nitrogens with two attached hydrogens (primary N) is 1. The van der Waals surface area contributed by atoms with Crippen LogP contribution in [0.3, 0.4) is 0 Å². The second-order valence-electron chi connectivity index (χ2n) is 4.21. The van der Waals surface area contributed by atoms with Crippen LogP contribution in [0.2, 0.25) is 0 Å². The number of benzene rings is 1. The number of hydrogen-bond donors (Lipinski definition) is 1. The van der Waals surface area contributed by atoms with E-state index in [-0.39, 0.29) is 18.4 Å². The molecular formula is C13H16F3NO2. The number of hydrogen-bond acceptors (Lipinski definition) is 3. The molecule has 19 heavy (non-hydrogen) atoms. The average molecular weight is 275 g/mol. The van der Waals surface area contributed by atoms with Crippen LogP contribution in [-0.2, 0) is 9.53 Å². The summed E-state index contributed by atoms with van der Waals surface area (Å²) in [5.74, 6) is -2.32. The van der Waals surface area contributed by atoms with Crippen molar-refractivity contribution in [3.05, 3.63) is 35.9 Å². The smallest absolute Gasteiger partial charge is 0.395 e. The SMILES string of the molecule is COC(=O)C(N)CCC(c1ccccc1)C(F)(F)F. The van der Waals surface area contributed by atoms with Crippen molar-refractivity contribution in [3.63, 3.8) is 0 Å². The minimum Gasteiger partial charge on any atom is -0.468 e. The van der Waals surface area contributed by atoms with Gasteiger partial charge in [0.1, 0.15) is 6.04 Å². The maximum absolute atomic E-state index is 13.0. The van der Waals surface area contributed by atoms with Crippen LogP contribution in [-0.4, -0.2) is 25.3 Å². The molecule has 0 aliphatic heterocycles. The van der Waals surface area contributed by atoms with E-state index < -0.39 is 24.1 Å². The molecule has 0 aliphatic carbocycles. The molecule has 0 bridgehead atoms. The summed E-state index contributed by atoms with van der Waals surface area (Å²) in [6, 6.07) is 6.56. The van der Waals surface area contributed by atoms with E-state index in [1.807, 2.05) is 0 Å². The molecule has 6 heteroatoms. The molecule has 1 aromatic rings. The van der Waals surface area contributed by atoms with Gasteiger partial charge >= 0.3 is 12.1 Å². The van der Waals surface area contributed by atoms with Gasteiger partial charge in [0.15, 0.2) is 0 Å². The van der Waals surface area contributed by atoms with Crippen LogP contribution < -0.4 is 5.73 Å². The molecule has 0 fully saturated rings. The molecule has 0 heterocycles. The number of methoxy groups -OCH3 is 1. The maximum atomic E-state index is 13.0. The number of esters is 1. The summed E-state index contributed by atoms with van der Waals surface area (Å²) in [6.07, 6.45) is -4.69. The predicted molar refractivity (Wildman–Crippen MR) is 64.5 cm³/mol. The summed E-state index contributed by atoms with van der Waals surface area (Å²) < 4.78 is 43.3. The summed E-state index contributed by atoms with van der Waals surface area (Å²) >= 11 is 0. The Kier molecular flexibility index (Phi) is 5.35. The van der Waals surface area contributed by atoms with Crippen molar-refractivity contribution in [2.24, 2.45) is 5.73 Å². The zero-order valence-corrected chi connectivity index (χ0v) is 10.5. The van der Waals surface area contributed by atoms with Gasteiger partial charge < -0.3 is 10.5 Å². The zero-order valence-electron chi connectivity index (χ0n) is 10.5. The number of carbonyl (C=O) groups is 1. The number of rotatable bonds is 5. The molecule has 0 radical (unpaired) electrons. The van der Waals surface area contributed by atoms with Gasteiger partial charge in [-0.25, -0.2) is 0 Å². The number of halogens is 3. The molecule has 2 unspecified atom stereocenters. The number of alkyl halides is 3. The van der Waals surface area contributed by atoms with E-state index in [2.05, 4.69) is 4.74 Å². The minimum atomic E-state index is -4.36. The molecule has 0 saturated carbocycles. The van der Waals surface area contributed by atoms with Crippen LogP contribution in [0.25, 0.3) is 0 Å². The summed E-state index contributed by atoms with van der Waals surface area (Å²) in [5, 5.41) is 0. The first kappa shape index (κ1) is 15.5. The highest BCUT2D eigenvalue weighted by molar-refractivity contribution is 5.75. The van der Waals surface area contributed by atoms with Crippen LogP contribution in [0.15, 0.2) is 30.3 Å². The quantitative estimate of drug-likeness (QED) is 0.840. The fourth-order valence-corrected chi connectivity index (χ4v) is 1.82. The first-order valence-corrected chi connectivity index (χ1v) is 5.81. The molecule has 106 valence electrons. The molecule has 0 amide bonds. The van der Waals surface area contributed by atoms with Crippen molar-refractivity contribution in [2.75, 3.05) is 7.11 Å². The lowest BCUT2D eigenvalue weighted by Crippen LogP contribution is -2.33. The van der Waals surface area contributed by atoms with E-state index in [0.717, 1.165) is 7.11 Å². The van der Waals surface area contributed by atoms with Crippen molar-refractivity contribution in [1.29, 1.82) is 0 Å². The fourth-order valence-electron chi connectivity index (χ4n) is 1.82. The van der Waals surface area contributed by atoms with Gasteiger partial charge in [-0.2, -0.15) is 13.2 Å². The van der Waals surface area contributed by atoms with Crippen molar-refractivity contribution in [3.8, 4) is 0 Å². The van der Waals surface area contributed by atoms with Crippen molar-refractivity contribution in [2.45, 2.75) is 31.0 Å². The van der Waals surface area contributed by atoms with E-state index in [1.54, 1.807) is 18.2 Å². The van der Waals surface area contributed by atoms with Gasteiger partial charge in [-0.1, -0.05) is 30.3 Å². The topological polar surface area (TPSA) is 52.3 Å². The Morgan fingerprint density at radius 2 is 1.84 bits per heavy atom. The Bertz CT molecular complexity index is 406. The predicted octanol–water partition coefficient (Wildman–Crippen LogP) is 2.61. The van der Waals surface area contributed by atoms with E-state index in [9.17, 15) is 18.0 Å². The summed E-state index contributed by atoms with van der Waals surface area (Å²) in [7, 11) is 1.15. The Hall–Kier alpha value is -1.56. The van der Waals surface area contributed by atoms with Crippen LogP contribution in [0.1, 0.15) is 24.3 Å². The van der Waals surface area contributed by atoms with Crippen molar-refractivity contribution >= 4 is 5.97 Å². The third kappa shape index (κ3) is 4.55. The fraction of sp³-hybridized carbons (Fsp3) is 0.462. The number of ether oxygens (including phenoxy) is 1. The van der Waals surface area contributed by atoms with Crippen LogP contribution in [0, 0.1) is 0 Å². The second-order valence-corrected chi connectivity index (χ2v) is 4.21. The van der Waals surface area contributed by atoms with E-state index in [4.69, 9.17) is 5.73 Å². The lowest BCUT2D eigenvalue weighted by atomic mass is 9.92. The van der Waals surface area contributed by atoms with Gasteiger partial charge in [0, 0.05) is 0 Å². The first-order chi connectivity index (χ1) is 8.86. The van der Waals surface area contributed by atoms with Gasteiger partial charge in [-0.15, -0.1) is 0 Å². The molecule has 0 spiro atoms. The monoisotopic (exact) mass is 275 g/mol. The Balaban J connectivity index is 2.76. The molecule has 0 aliphatic rings. The summed E-state index contributed by atoms with van der Waals surface area (Å²) in [6.45, 7) is 0. The third-order valence-corrected chi connectivity index (χ3v) is 2.87. The lowest BCUT2D eigenvalue weighted by Gasteiger charge is -2.21. The largest absolute Gasteiger partial charge is 0.468 e. The Labute approximate surface area is 109 Å². The zero-order chi connectivity index (χ0) is 14.5. The van der Waals surface area contributed by atoms with Gasteiger partial charge in [-0.3, -0.25) is 4.79 Å². The number of carbonyl (C=O) groups excluding carboxylic acids is 1. The van der Waals surface area contributed by atoms with Crippen LogP contribution in [0.5, 0.6) is 0 Å². The van der Waals surface area contributed by atoms with E-state index in [0.29, 0.717) is 0 Å². The highest BCUT2D eigenvalue weighted by Crippen LogP contribution is 2.38. The highest BCUT2D eigenvalue weighted by Gasteiger charge is 2.40. The molecular weight excluding hydrogens is 259 g/mol. The third-order valence-electron chi connectivity index (χ3n) is 2.87. The summed E-state index contributed by atoms with van der Waals surface area (Å²) in [5.41, 5.74) is 5.63. The Morgan fingerprint density at radius 3 is 2.32 bits per heavy atom. The summed E-state index contributed by atoms with van der Waals surface area (Å²) in [4.78, 5) is 11.1. The van der Waals surface area contributed by atoms with E-state index in [1.165, 1.54) is 12.1 Å². The van der Waals surface area contributed by atoms with Gasteiger partial charge in [-0.05, 0) is 18.4 Å². The first-order valence-electron chi connectivity index (χ1n) is 5.81. The van der Waals surface area contributed by atoms with E-state index >= 15 is 0 Å². The Morgan fingerprint density at radius 1 is 1.26 bits per heavy atom.